The fourth-order valence-electron chi connectivity index (χ4n) is 2.38. The summed E-state index contributed by atoms with van der Waals surface area (Å²) in [6.45, 7) is 0. The molecule has 0 saturated heterocycles. The molecule has 0 fully saturated rings. The Kier molecular flexibility index (Phi) is 3.97. The van der Waals surface area contributed by atoms with Crippen LogP contribution in [0.25, 0.3) is 22.3 Å². The van der Waals surface area contributed by atoms with Gasteiger partial charge in [-0.05, 0) is 12.1 Å². The number of rotatable bonds is 5. The molecule has 0 unspecified atom stereocenters. The lowest BCUT2D eigenvalue weighted by Crippen LogP contribution is -1.94. The lowest BCUT2D eigenvalue weighted by Gasteiger charge is -2.06. The van der Waals surface area contributed by atoms with Crippen molar-refractivity contribution in [3.05, 3.63) is 30.3 Å². The summed E-state index contributed by atoms with van der Waals surface area (Å²) in [5.41, 5.74) is 1.39. The first-order valence-electron chi connectivity index (χ1n) is 6.95. The summed E-state index contributed by atoms with van der Waals surface area (Å²) in [4.78, 5) is 4.27. The molecule has 6 heteroatoms. The van der Waals surface area contributed by atoms with E-state index in [0.29, 0.717) is 34.6 Å². The Bertz CT molecular complexity index is 840. The fourth-order valence-corrected chi connectivity index (χ4v) is 2.38. The van der Waals surface area contributed by atoms with Gasteiger partial charge in [0.1, 0.15) is 22.8 Å². The van der Waals surface area contributed by atoms with E-state index in [2.05, 4.69) is 4.98 Å². The van der Waals surface area contributed by atoms with Crippen LogP contribution in [-0.2, 0) is 0 Å². The summed E-state index contributed by atoms with van der Waals surface area (Å²) in [5.74, 6) is 2.86. The van der Waals surface area contributed by atoms with Crippen molar-refractivity contribution in [2.24, 2.45) is 0 Å². The molecule has 0 amide bonds. The normalized spacial score (nSPS) is 10.6. The van der Waals surface area contributed by atoms with E-state index in [1.54, 1.807) is 34.5 Å². The lowest BCUT2D eigenvalue weighted by molar-refractivity contribution is 0.365. The molecule has 0 aliphatic rings. The van der Waals surface area contributed by atoms with Crippen LogP contribution in [0.2, 0.25) is 0 Å². The van der Waals surface area contributed by atoms with E-state index >= 15 is 0 Å². The molecule has 2 aromatic heterocycles. The molecule has 0 bridgehead atoms. The van der Waals surface area contributed by atoms with E-state index in [-0.39, 0.29) is 0 Å². The van der Waals surface area contributed by atoms with Crippen molar-refractivity contribution in [3.63, 3.8) is 0 Å². The zero-order chi connectivity index (χ0) is 16.4. The minimum absolute atomic E-state index is 0.425. The highest BCUT2D eigenvalue weighted by molar-refractivity contribution is 5.90. The van der Waals surface area contributed by atoms with Crippen molar-refractivity contribution in [1.29, 1.82) is 0 Å². The zero-order valence-corrected chi connectivity index (χ0v) is 13.4. The average molecular weight is 315 g/mol. The van der Waals surface area contributed by atoms with Gasteiger partial charge in [-0.2, -0.15) is 4.98 Å². The summed E-state index contributed by atoms with van der Waals surface area (Å²) >= 11 is 0. The number of fused-ring (bicyclic) bond motifs is 1. The van der Waals surface area contributed by atoms with Crippen LogP contribution in [0.4, 0.5) is 0 Å². The summed E-state index contributed by atoms with van der Waals surface area (Å²) in [6, 6.07) is 9.10. The van der Waals surface area contributed by atoms with E-state index in [4.69, 9.17) is 23.4 Å². The fraction of sp³-hybridized carbons (Fsp3) is 0.235. The molecule has 0 aliphatic heterocycles. The van der Waals surface area contributed by atoms with Crippen molar-refractivity contribution in [3.8, 4) is 34.6 Å². The molecule has 0 N–H and O–H groups in total. The number of hydrogen-bond acceptors (Lipinski definition) is 6. The van der Waals surface area contributed by atoms with Crippen molar-refractivity contribution >= 4 is 11.0 Å². The number of ether oxygens (including phenoxy) is 4. The maximum atomic E-state index is 5.93. The Morgan fingerprint density at radius 3 is 2.35 bits per heavy atom. The Morgan fingerprint density at radius 1 is 0.870 bits per heavy atom. The van der Waals surface area contributed by atoms with Gasteiger partial charge in [0.2, 0.25) is 11.8 Å². The van der Waals surface area contributed by atoms with Crippen LogP contribution in [0.5, 0.6) is 23.3 Å². The van der Waals surface area contributed by atoms with Crippen LogP contribution in [0.1, 0.15) is 0 Å². The Labute approximate surface area is 133 Å². The first kappa shape index (κ1) is 15.0. The van der Waals surface area contributed by atoms with Gasteiger partial charge in [-0.1, -0.05) is 0 Å². The standard InChI is InChI=1S/C17H17NO5/c1-19-10-7-13(20-2)12-9-15(23-14(12)8-10)11-5-6-16(21-3)18-17(11)22-4/h5-9H,1-4H3. The molecule has 1 aromatic carbocycles. The number of pyridine rings is 1. The van der Waals surface area contributed by atoms with Gasteiger partial charge in [-0.15, -0.1) is 0 Å². The van der Waals surface area contributed by atoms with Gasteiger partial charge in [-0.25, -0.2) is 0 Å². The Hall–Kier alpha value is -2.89. The Morgan fingerprint density at radius 2 is 1.70 bits per heavy atom. The van der Waals surface area contributed by atoms with Gasteiger partial charge in [0.25, 0.3) is 0 Å². The largest absolute Gasteiger partial charge is 0.496 e. The Balaban J connectivity index is 2.17. The molecule has 120 valence electrons. The highest BCUT2D eigenvalue weighted by Crippen LogP contribution is 2.39. The number of methoxy groups -OCH3 is 4. The molecule has 23 heavy (non-hydrogen) atoms. The molecular weight excluding hydrogens is 298 g/mol. The molecule has 0 atom stereocenters. The van der Waals surface area contributed by atoms with E-state index in [0.717, 1.165) is 10.9 Å². The molecular formula is C17H17NO5. The van der Waals surface area contributed by atoms with E-state index in [1.165, 1.54) is 0 Å². The highest BCUT2D eigenvalue weighted by Gasteiger charge is 2.16. The first-order valence-corrected chi connectivity index (χ1v) is 6.95. The predicted molar refractivity (Wildman–Crippen MR) is 85.7 cm³/mol. The van der Waals surface area contributed by atoms with Gasteiger partial charge >= 0.3 is 0 Å². The second-order valence-corrected chi connectivity index (χ2v) is 4.76. The second-order valence-electron chi connectivity index (χ2n) is 4.76. The van der Waals surface area contributed by atoms with Crippen molar-refractivity contribution in [2.45, 2.75) is 0 Å². The number of hydrogen-bond donors (Lipinski definition) is 0. The van der Waals surface area contributed by atoms with Crippen molar-refractivity contribution in [2.75, 3.05) is 28.4 Å². The average Bonchev–Trinajstić information content (AvgIpc) is 3.03. The monoisotopic (exact) mass is 315 g/mol. The van der Waals surface area contributed by atoms with Gasteiger partial charge < -0.3 is 23.4 Å². The van der Waals surface area contributed by atoms with E-state index < -0.39 is 0 Å². The lowest BCUT2D eigenvalue weighted by atomic mass is 10.1. The van der Waals surface area contributed by atoms with Crippen molar-refractivity contribution in [1.82, 2.24) is 4.98 Å². The van der Waals surface area contributed by atoms with E-state index in [1.807, 2.05) is 24.3 Å². The van der Waals surface area contributed by atoms with Crippen LogP contribution < -0.4 is 18.9 Å². The molecule has 0 saturated carbocycles. The van der Waals surface area contributed by atoms with Gasteiger partial charge in [0.15, 0.2) is 0 Å². The molecule has 2 heterocycles. The number of aromatic nitrogens is 1. The zero-order valence-electron chi connectivity index (χ0n) is 13.4. The van der Waals surface area contributed by atoms with Gasteiger partial charge in [0, 0.05) is 18.2 Å². The third-order valence-electron chi connectivity index (χ3n) is 3.53. The maximum absolute atomic E-state index is 5.93. The maximum Gasteiger partial charge on any atom is 0.227 e. The van der Waals surface area contributed by atoms with Crippen molar-refractivity contribution < 1.29 is 23.4 Å². The third-order valence-corrected chi connectivity index (χ3v) is 3.53. The SMILES string of the molecule is COc1cc(OC)c2cc(-c3ccc(OC)nc3OC)oc2c1. The van der Waals surface area contributed by atoms with Gasteiger partial charge in [0.05, 0.1) is 39.4 Å². The topological polar surface area (TPSA) is 63.0 Å². The minimum atomic E-state index is 0.425. The quantitative estimate of drug-likeness (QED) is 0.718. The summed E-state index contributed by atoms with van der Waals surface area (Å²) < 4.78 is 27.0. The van der Waals surface area contributed by atoms with Crippen LogP contribution in [-0.4, -0.2) is 33.4 Å². The van der Waals surface area contributed by atoms with E-state index in [9.17, 15) is 0 Å². The third kappa shape index (κ3) is 2.63. The first-order chi connectivity index (χ1) is 11.2. The minimum Gasteiger partial charge on any atom is -0.496 e. The molecule has 6 nitrogen and oxygen atoms in total. The summed E-state index contributed by atoms with van der Waals surface area (Å²) in [7, 11) is 6.31. The number of benzene rings is 1. The van der Waals surface area contributed by atoms with Crippen LogP contribution in [0, 0.1) is 0 Å². The second kappa shape index (κ2) is 6.08. The molecule has 3 aromatic rings. The van der Waals surface area contributed by atoms with Gasteiger partial charge in [-0.3, -0.25) is 0 Å². The molecule has 0 radical (unpaired) electrons. The predicted octanol–water partition coefficient (Wildman–Crippen LogP) is 3.53. The van der Waals surface area contributed by atoms with Crippen LogP contribution in [0.3, 0.4) is 0 Å². The smallest absolute Gasteiger partial charge is 0.227 e. The van der Waals surface area contributed by atoms with Crippen LogP contribution in [0.15, 0.2) is 34.7 Å². The number of nitrogens with zero attached hydrogens (tertiary/aromatic N) is 1. The van der Waals surface area contributed by atoms with Crippen LogP contribution >= 0.6 is 0 Å². The highest BCUT2D eigenvalue weighted by atomic mass is 16.5. The number of furan rings is 1. The summed E-state index contributed by atoms with van der Waals surface area (Å²) in [6.07, 6.45) is 0. The molecule has 0 aliphatic carbocycles. The molecule has 0 spiro atoms. The summed E-state index contributed by atoms with van der Waals surface area (Å²) in [5, 5.41) is 0.848. The molecule has 3 rings (SSSR count).